The second-order valence-electron chi connectivity index (χ2n) is 8.36. The quantitative estimate of drug-likeness (QED) is 0.199. The molecule has 0 aliphatic rings. The monoisotopic (exact) mass is 354 g/mol. The second-order valence-corrected chi connectivity index (χ2v) is 8.36. The van der Waals surface area contributed by atoms with Crippen molar-refractivity contribution in [3.8, 4) is 0 Å². The van der Waals surface area contributed by atoms with Gasteiger partial charge in [-0.05, 0) is 18.8 Å². The first kappa shape index (κ1) is 25.0. The molecule has 0 heterocycles. The maximum atomic E-state index is 5.97. The maximum absolute atomic E-state index is 5.97. The predicted molar refractivity (Wildman–Crippen MR) is 114 cm³/mol. The lowest BCUT2D eigenvalue weighted by atomic mass is 10.0. The average molecular weight is 355 g/mol. The summed E-state index contributed by atoms with van der Waals surface area (Å²) in [6, 6.07) is 0. The van der Waals surface area contributed by atoms with Crippen LogP contribution in [0.15, 0.2) is 0 Å². The third-order valence-electron chi connectivity index (χ3n) is 5.48. The van der Waals surface area contributed by atoms with Gasteiger partial charge in [-0.3, -0.25) is 0 Å². The van der Waals surface area contributed by atoms with E-state index in [1.54, 1.807) is 0 Å². The Morgan fingerprint density at radius 1 is 0.520 bits per heavy atom. The lowest BCUT2D eigenvalue weighted by Crippen LogP contribution is -2.19. The minimum atomic E-state index is 0.469. The van der Waals surface area contributed by atoms with Crippen LogP contribution in [0.25, 0.3) is 0 Å². The topological polar surface area (TPSA) is 9.23 Å². The van der Waals surface area contributed by atoms with E-state index in [2.05, 4.69) is 27.7 Å². The van der Waals surface area contributed by atoms with E-state index in [1.165, 1.54) is 103 Å². The van der Waals surface area contributed by atoms with Crippen LogP contribution >= 0.6 is 0 Å². The lowest BCUT2D eigenvalue weighted by Gasteiger charge is -2.19. The molecule has 152 valence electrons. The Kier molecular flexibility index (Phi) is 20.2. The highest BCUT2D eigenvalue weighted by atomic mass is 16.5. The van der Waals surface area contributed by atoms with Crippen LogP contribution < -0.4 is 0 Å². The van der Waals surface area contributed by atoms with Crippen LogP contribution in [0.4, 0.5) is 0 Å². The Morgan fingerprint density at radius 2 is 0.880 bits per heavy atom. The number of unbranched alkanes of at least 4 members (excludes halogenated alkanes) is 15. The van der Waals surface area contributed by atoms with Gasteiger partial charge in [-0.2, -0.15) is 0 Å². The summed E-state index contributed by atoms with van der Waals surface area (Å²) in [6.07, 6.45) is 24.5. The molecule has 1 unspecified atom stereocenters. The summed E-state index contributed by atoms with van der Waals surface area (Å²) in [5, 5.41) is 0. The van der Waals surface area contributed by atoms with E-state index in [-0.39, 0.29) is 0 Å². The van der Waals surface area contributed by atoms with Gasteiger partial charge in [0.25, 0.3) is 0 Å². The fraction of sp³-hybridized carbons (Fsp3) is 1.00. The van der Waals surface area contributed by atoms with Gasteiger partial charge in [0.15, 0.2) is 0 Å². The highest BCUT2D eigenvalue weighted by Crippen LogP contribution is 2.14. The van der Waals surface area contributed by atoms with Gasteiger partial charge in [-0.1, -0.05) is 124 Å². The van der Waals surface area contributed by atoms with Crippen molar-refractivity contribution in [3.63, 3.8) is 0 Å². The van der Waals surface area contributed by atoms with Gasteiger partial charge >= 0.3 is 0 Å². The summed E-state index contributed by atoms with van der Waals surface area (Å²) < 4.78 is 5.97. The number of ether oxygens (including phenoxy) is 1. The van der Waals surface area contributed by atoms with Crippen LogP contribution in [-0.4, -0.2) is 12.7 Å². The largest absolute Gasteiger partial charge is 0.378 e. The van der Waals surface area contributed by atoms with E-state index in [0.717, 1.165) is 13.0 Å². The highest BCUT2D eigenvalue weighted by molar-refractivity contribution is 4.59. The van der Waals surface area contributed by atoms with Gasteiger partial charge in [0.1, 0.15) is 0 Å². The van der Waals surface area contributed by atoms with Crippen molar-refractivity contribution in [1.82, 2.24) is 0 Å². The Bertz CT molecular complexity index is 236. The Hall–Kier alpha value is -0.0400. The molecule has 0 aromatic rings. The third-order valence-corrected chi connectivity index (χ3v) is 5.48. The van der Waals surface area contributed by atoms with Crippen molar-refractivity contribution in [2.75, 3.05) is 6.61 Å². The van der Waals surface area contributed by atoms with Crippen LogP contribution in [0, 0.1) is 5.92 Å². The van der Waals surface area contributed by atoms with E-state index in [9.17, 15) is 0 Å². The number of rotatable bonds is 20. The molecule has 0 rings (SSSR count). The zero-order chi connectivity index (χ0) is 18.6. The smallest absolute Gasteiger partial charge is 0.0595 e. The van der Waals surface area contributed by atoms with Crippen molar-refractivity contribution in [2.45, 2.75) is 143 Å². The Labute approximate surface area is 160 Å². The zero-order valence-electron chi connectivity index (χ0n) is 18.3. The van der Waals surface area contributed by atoms with Crippen LogP contribution in [0.2, 0.25) is 0 Å². The van der Waals surface area contributed by atoms with E-state index in [0.29, 0.717) is 12.0 Å². The maximum Gasteiger partial charge on any atom is 0.0595 e. The fourth-order valence-electron chi connectivity index (χ4n) is 3.67. The van der Waals surface area contributed by atoms with Gasteiger partial charge in [0.05, 0.1) is 6.10 Å². The summed E-state index contributed by atoms with van der Waals surface area (Å²) in [5.41, 5.74) is 0. The molecule has 0 amide bonds. The predicted octanol–water partition coefficient (Wildman–Crippen LogP) is 8.70. The van der Waals surface area contributed by atoms with Crippen molar-refractivity contribution in [3.05, 3.63) is 0 Å². The molecule has 0 spiro atoms. The molecule has 0 radical (unpaired) electrons. The highest BCUT2D eigenvalue weighted by Gasteiger charge is 2.10. The minimum absolute atomic E-state index is 0.469. The number of hydrogen-bond acceptors (Lipinski definition) is 1. The SMILES string of the molecule is CCCCCCCCCCCCCCCCCCOC(CC)C(C)C. The fourth-order valence-corrected chi connectivity index (χ4v) is 3.67. The van der Waals surface area contributed by atoms with Gasteiger partial charge in [-0.25, -0.2) is 0 Å². The lowest BCUT2D eigenvalue weighted by molar-refractivity contribution is 0.0179. The summed E-state index contributed by atoms with van der Waals surface area (Å²) in [5.74, 6) is 0.658. The van der Waals surface area contributed by atoms with Crippen LogP contribution in [0.5, 0.6) is 0 Å². The van der Waals surface area contributed by atoms with Crippen LogP contribution in [0.1, 0.15) is 137 Å². The molecule has 0 N–H and O–H groups in total. The first-order chi connectivity index (χ1) is 12.2. The molecular weight excluding hydrogens is 304 g/mol. The van der Waals surface area contributed by atoms with Gasteiger partial charge < -0.3 is 4.74 Å². The van der Waals surface area contributed by atoms with Gasteiger partial charge in [0.2, 0.25) is 0 Å². The van der Waals surface area contributed by atoms with Crippen molar-refractivity contribution in [1.29, 1.82) is 0 Å². The Morgan fingerprint density at radius 3 is 1.20 bits per heavy atom. The van der Waals surface area contributed by atoms with Crippen molar-refractivity contribution < 1.29 is 4.74 Å². The molecule has 1 nitrogen and oxygen atoms in total. The van der Waals surface area contributed by atoms with Crippen LogP contribution in [-0.2, 0) is 4.74 Å². The number of hydrogen-bond donors (Lipinski definition) is 0. The summed E-state index contributed by atoms with van der Waals surface area (Å²) in [4.78, 5) is 0. The third kappa shape index (κ3) is 18.5. The minimum Gasteiger partial charge on any atom is -0.378 e. The van der Waals surface area contributed by atoms with Crippen molar-refractivity contribution >= 4 is 0 Å². The molecule has 1 atom stereocenters. The molecule has 25 heavy (non-hydrogen) atoms. The molecule has 0 aromatic carbocycles. The summed E-state index contributed by atoms with van der Waals surface area (Å²) >= 11 is 0. The molecule has 0 aliphatic carbocycles. The van der Waals surface area contributed by atoms with E-state index < -0.39 is 0 Å². The van der Waals surface area contributed by atoms with Crippen LogP contribution in [0.3, 0.4) is 0 Å². The summed E-state index contributed by atoms with van der Waals surface area (Å²) in [6.45, 7) is 10.0. The molecule has 0 saturated heterocycles. The van der Waals surface area contributed by atoms with Gasteiger partial charge in [-0.15, -0.1) is 0 Å². The molecule has 0 bridgehead atoms. The molecule has 0 saturated carbocycles. The van der Waals surface area contributed by atoms with E-state index >= 15 is 0 Å². The Balaban J connectivity index is 3.09. The van der Waals surface area contributed by atoms with Crippen molar-refractivity contribution in [2.24, 2.45) is 5.92 Å². The van der Waals surface area contributed by atoms with E-state index in [4.69, 9.17) is 4.74 Å². The second kappa shape index (κ2) is 20.3. The first-order valence-electron chi connectivity index (χ1n) is 11.8. The summed E-state index contributed by atoms with van der Waals surface area (Å²) in [7, 11) is 0. The van der Waals surface area contributed by atoms with Gasteiger partial charge in [0, 0.05) is 6.61 Å². The molecule has 0 aliphatic heterocycles. The van der Waals surface area contributed by atoms with E-state index in [1.807, 2.05) is 0 Å². The average Bonchev–Trinajstić information content (AvgIpc) is 2.60. The molecule has 0 aromatic heterocycles. The first-order valence-corrected chi connectivity index (χ1v) is 11.8. The zero-order valence-corrected chi connectivity index (χ0v) is 18.3. The standard InChI is InChI=1S/C24H50O/c1-5-7-8-9-10-11-12-13-14-15-16-17-18-19-20-21-22-25-24(6-2)23(3)4/h23-24H,5-22H2,1-4H3. The molecular formula is C24H50O. The normalized spacial score (nSPS) is 12.8. The molecule has 0 fully saturated rings. The molecule has 1 heteroatoms.